The molecule has 1 aromatic carbocycles. The number of rotatable bonds is 1. The van der Waals surface area contributed by atoms with Gasteiger partial charge < -0.3 is 14.4 Å². The summed E-state index contributed by atoms with van der Waals surface area (Å²) in [5.74, 6) is -0.0433. The third-order valence-electron chi connectivity index (χ3n) is 3.47. The molecule has 5 nitrogen and oxygen atoms in total. The molecule has 1 fully saturated rings. The standard InChI is InChI=1S/C14H14N2O3/c15-6-13-7-16(3-4-19-13)14(17)10-1-2-11-8-18-9-12(11)5-10/h1-2,5,13H,3-4,7-9H2. The zero-order valence-corrected chi connectivity index (χ0v) is 10.5. The zero-order valence-electron chi connectivity index (χ0n) is 10.5. The molecule has 1 aromatic rings. The van der Waals surface area contributed by atoms with Gasteiger partial charge in [-0.1, -0.05) is 6.07 Å². The van der Waals surface area contributed by atoms with E-state index in [1.54, 1.807) is 4.90 Å². The number of morpholine rings is 1. The molecule has 3 rings (SSSR count). The van der Waals surface area contributed by atoms with Gasteiger partial charge in [-0.3, -0.25) is 4.79 Å². The molecule has 1 atom stereocenters. The maximum atomic E-state index is 12.4. The fraction of sp³-hybridized carbons (Fsp3) is 0.429. The van der Waals surface area contributed by atoms with Gasteiger partial charge in [-0.2, -0.15) is 5.26 Å². The summed E-state index contributed by atoms with van der Waals surface area (Å²) in [5, 5.41) is 8.86. The molecule has 98 valence electrons. The summed E-state index contributed by atoms with van der Waals surface area (Å²) in [6.45, 7) is 2.48. The lowest BCUT2D eigenvalue weighted by molar-refractivity contribution is 0.00346. The van der Waals surface area contributed by atoms with Crippen LogP contribution in [0.3, 0.4) is 0 Å². The Hall–Kier alpha value is -1.90. The Kier molecular flexibility index (Phi) is 3.20. The highest BCUT2D eigenvalue weighted by Crippen LogP contribution is 2.22. The molecule has 0 saturated carbocycles. The lowest BCUT2D eigenvalue weighted by atomic mass is 10.1. The van der Waals surface area contributed by atoms with E-state index in [1.807, 2.05) is 24.3 Å². The Morgan fingerprint density at radius 2 is 2.21 bits per heavy atom. The largest absolute Gasteiger partial charge is 0.372 e. The van der Waals surface area contributed by atoms with E-state index in [0.29, 0.717) is 38.5 Å². The smallest absolute Gasteiger partial charge is 0.254 e. The topological polar surface area (TPSA) is 62.6 Å². The first-order valence-electron chi connectivity index (χ1n) is 6.28. The van der Waals surface area contributed by atoms with Crippen LogP contribution in [0.25, 0.3) is 0 Å². The molecule has 1 saturated heterocycles. The van der Waals surface area contributed by atoms with Gasteiger partial charge in [0.1, 0.15) is 0 Å². The van der Waals surface area contributed by atoms with Crippen LogP contribution >= 0.6 is 0 Å². The van der Waals surface area contributed by atoms with E-state index in [4.69, 9.17) is 14.7 Å². The van der Waals surface area contributed by atoms with Crippen molar-refractivity contribution < 1.29 is 14.3 Å². The maximum Gasteiger partial charge on any atom is 0.254 e. The fourth-order valence-electron chi connectivity index (χ4n) is 2.40. The highest BCUT2D eigenvalue weighted by molar-refractivity contribution is 5.94. The number of carbonyl (C=O) groups is 1. The fourth-order valence-corrected chi connectivity index (χ4v) is 2.40. The number of amides is 1. The quantitative estimate of drug-likeness (QED) is 0.756. The predicted octanol–water partition coefficient (Wildman–Crippen LogP) is 1.08. The second kappa shape index (κ2) is 5.00. The van der Waals surface area contributed by atoms with E-state index in [2.05, 4.69) is 0 Å². The molecular formula is C14H14N2O3. The number of nitriles is 1. The molecule has 5 heteroatoms. The van der Waals surface area contributed by atoms with E-state index < -0.39 is 6.10 Å². The van der Waals surface area contributed by atoms with Gasteiger partial charge in [0.25, 0.3) is 5.91 Å². The third-order valence-corrected chi connectivity index (χ3v) is 3.47. The van der Waals surface area contributed by atoms with Crippen molar-refractivity contribution in [3.05, 3.63) is 34.9 Å². The summed E-state index contributed by atoms with van der Waals surface area (Å²) in [4.78, 5) is 14.1. The Morgan fingerprint density at radius 1 is 1.37 bits per heavy atom. The normalized spacial score (nSPS) is 21.8. The van der Waals surface area contributed by atoms with E-state index in [-0.39, 0.29) is 5.91 Å². The average Bonchev–Trinajstić information content (AvgIpc) is 2.94. The molecule has 2 heterocycles. The van der Waals surface area contributed by atoms with Crippen LogP contribution in [0.1, 0.15) is 21.5 Å². The molecule has 19 heavy (non-hydrogen) atoms. The molecule has 1 unspecified atom stereocenters. The van der Waals surface area contributed by atoms with Gasteiger partial charge in [0.15, 0.2) is 6.10 Å². The monoisotopic (exact) mass is 258 g/mol. The van der Waals surface area contributed by atoms with Crippen molar-refractivity contribution in [2.45, 2.75) is 19.3 Å². The lowest BCUT2D eigenvalue weighted by Gasteiger charge is -2.29. The number of fused-ring (bicyclic) bond motifs is 1. The van der Waals surface area contributed by atoms with Crippen LogP contribution in [-0.4, -0.2) is 36.6 Å². The van der Waals surface area contributed by atoms with Crippen molar-refractivity contribution in [1.82, 2.24) is 4.90 Å². The first kappa shape index (κ1) is 12.2. The molecule has 1 amide bonds. The summed E-state index contributed by atoms with van der Waals surface area (Å²) in [5.41, 5.74) is 2.88. The van der Waals surface area contributed by atoms with Gasteiger partial charge in [-0.25, -0.2) is 0 Å². The molecule has 0 aromatic heterocycles. The summed E-state index contributed by atoms with van der Waals surface area (Å²) in [6.07, 6.45) is -0.518. The summed E-state index contributed by atoms with van der Waals surface area (Å²) in [6, 6.07) is 7.70. The minimum absolute atomic E-state index is 0.0433. The number of hydrogen-bond acceptors (Lipinski definition) is 4. The van der Waals surface area contributed by atoms with Gasteiger partial charge in [0.2, 0.25) is 0 Å². The van der Waals surface area contributed by atoms with Crippen molar-refractivity contribution >= 4 is 5.91 Å². The molecule has 2 aliphatic rings. The van der Waals surface area contributed by atoms with Crippen molar-refractivity contribution in [3.8, 4) is 6.07 Å². The summed E-state index contributed by atoms with van der Waals surface area (Å²) < 4.78 is 10.6. The predicted molar refractivity (Wildman–Crippen MR) is 66.2 cm³/mol. The second-order valence-corrected chi connectivity index (χ2v) is 4.72. The summed E-state index contributed by atoms with van der Waals surface area (Å²) in [7, 11) is 0. The van der Waals surface area contributed by atoms with Crippen LogP contribution in [0, 0.1) is 11.3 Å². The number of hydrogen-bond donors (Lipinski definition) is 0. The molecule has 0 spiro atoms. The molecule has 2 aliphatic heterocycles. The van der Waals surface area contributed by atoms with Gasteiger partial charge in [-0.15, -0.1) is 0 Å². The van der Waals surface area contributed by atoms with E-state index in [9.17, 15) is 4.79 Å². The van der Waals surface area contributed by atoms with Crippen molar-refractivity contribution in [3.63, 3.8) is 0 Å². The lowest BCUT2D eigenvalue weighted by Crippen LogP contribution is -2.45. The number of benzene rings is 1. The first-order chi connectivity index (χ1) is 9.28. The summed E-state index contributed by atoms with van der Waals surface area (Å²) >= 11 is 0. The van der Waals surface area contributed by atoms with Crippen LogP contribution < -0.4 is 0 Å². The van der Waals surface area contributed by atoms with Gasteiger partial charge >= 0.3 is 0 Å². The van der Waals surface area contributed by atoms with Gasteiger partial charge in [0.05, 0.1) is 32.4 Å². The van der Waals surface area contributed by atoms with E-state index in [0.717, 1.165) is 11.1 Å². The van der Waals surface area contributed by atoms with Crippen LogP contribution in [0.4, 0.5) is 0 Å². The van der Waals surface area contributed by atoms with E-state index in [1.165, 1.54) is 0 Å². The Balaban J connectivity index is 1.78. The minimum Gasteiger partial charge on any atom is -0.372 e. The third kappa shape index (κ3) is 2.33. The van der Waals surface area contributed by atoms with Gasteiger partial charge in [-0.05, 0) is 23.3 Å². The van der Waals surface area contributed by atoms with Crippen LogP contribution in [0.5, 0.6) is 0 Å². The Labute approximate surface area is 111 Å². The van der Waals surface area contributed by atoms with E-state index >= 15 is 0 Å². The zero-order chi connectivity index (χ0) is 13.2. The van der Waals surface area contributed by atoms with Crippen molar-refractivity contribution in [1.29, 1.82) is 5.26 Å². The molecular weight excluding hydrogens is 244 g/mol. The van der Waals surface area contributed by atoms with Crippen molar-refractivity contribution in [2.24, 2.45) is 0 Å². The molecule has 0 bridgehead atoms. The first-order valence-corrected chi connectivity index (χ1v) is 6.28. The van der Waals surface area contributed by atoms with Crippen LogP contribution in [0.2, 0.25) is 0 Å². The molecule has 0 radical (unpaired) electrons. The second-order valence-electron chi connectivity index (χ2n) is 4.72. The number of nitrogens with zero attached hydrogens (tertiary/aromatic N) is 2. The SMILES string of the molecule is N#CC1CN(C(=O)c2ccc3c(c2)COC3)CCO1. The Morgan fingerprint density at radius 3 is 3.05 bits per heavy atom. The Bertz CT molecular complexity index is 550. The van der Waals surface area contributed by atoms with Crippen LogP contribution in [-0.2, 0) is 22.7 Å². The highest BCUT2D eigenvalue weighted by atomic mass is 16.5. The number of ether oxygens (including phenoxy) is 2. The molecule has 0 N–H and O–H groups in total. The maximum absolute atomic E-state index is 12.4. The average molecular weight is 258 g/mol. The molecule has 0 aliphatic carbocycles. The minimum atomic E-state index is -0.518. The number of carbonyl (C=O) groups excluding carboxylic acids is 1. The highest BCUT2D eigenvalue weighted by Gasteiger charge is 2.25. The van der Waals surface area contributed by atoms with Crippen LogP contribution in [0.15, 0.2) is 18.2 Å². The van der Waals surface area contributed by atoms with Gasteiger partial charge in [0, 0.05) is 12.1 Å². The van der Waals surface area contributed by atoms with Crippen molar-refractivity contribution in [2.75, 3.05) is 19.7 Å².